The first-order valence-electron chi connectivity index (χ1n) is 5.34. The predicted molar refractivity (Wildman–Crippen MR) is 62.0 cm³/mol. The molecule has 90 valence electrons. The molecule has 3 N–H and O–H groups in total. The topological polar surface area (TPSA) is 69.4 Å². The average molecular weight is 225 g/mol. The van der Waals surface area contributed by atoms with Crippen molar-refractivity contribution in [2.24, 2.45) is 5.84 Å². The van der Waals surface area contributed by atoms with Gasteiger partial charge in [0.1, 0.15) is 5.75 Å². The van der Waals surface area contributed by atoms with Crippen LogP contribution >= 0.6 is 0 Å². The van der Waals surface area contributed by atoms with Gasteiger partial charge in [0.2, 0.25) is 0 Å². The first kappa shape index (κ1) is 12.9. The lowest BCUT2D eigenvalue weighted by molar-refractivity contribution is 0.167. The Morgan fingerprint density at radius 1 is 1.50 bits per heavy atom. The van der Waals surface area contributed by atoms with Gasteiger partial charge in [-0.05, 0) is 18.1 Å². The monoisotopic (exact) mass is 225 g/mol. The zero-order valence-corrected chi connectivity index (χ0v) is 9.77. The highest BCUT2D eigenvalue weighted by Crippen LogP contribution is 2.17. The molecule has 5 nitrogen and oxygen atoms in total. The highest BCUT2D eigenvalue weighted by atomic mass is 16.5. The van der Waals surface area contributed by atoms with Crippen LogP contribution < -0.4 is 16.0 Å². The van der Waals surface area contributed by atoms with Crippen molar-refractivity contribution in [2.45, 2.75) is 19.4 Å². The number of ether oxygens (including phenoxy) is 2. The second-order valence-electron chi connectivity index (χ2n) is 3.48. The lowest BCUT2D eigenvalue weighted by Crippen LogP contribution is -2.31. The van der Waals surface area contributed by atoms with Crippen LogP contribution in [0.1, 0.15) is 24.9 Å². The third-order valence-corrected chi connectivity index (χ3v) is 2.14. The van der Waals surface area contributed by atoms with E-state index in [2.05, 4.69) is 17.3 Å². The summed E-state index contributed by atoms with van der Waals surface area (Å²) < 4.78 is 10.6. The number of hydrogen-bond acceptors (Lipinski definition) is 5. The summed E-state index contributed by atoms with van der Waals surface area (Å²) in [5, 5.41) is 0. The number of pyridine rings is 1. The molecular formula is C11H19N3O2. The molecule has 1 unspecified atom stereocenters. The summed E-state index contributed by atoms with van der Waals surface area (Å²) in [6, 6.07) is 1.86. The number of rotatable bonds is 7. The molecular weight excluding hydrogens is 206 g/mol. The fourth-order valence-electron chi connectivity index (χ4n) is 1.33. The summed E-state index contributed by atoms with van der Waals surface area (Å²) in [4.78, 5) is 4.11. The molecule has 1 rings (SSSR count). The molecule has 0 radical (unpaired) electrons. The van der Waals surface area contributed by atoms with E-state index >= 15 is 0 Å². The quantitative estimate of drug-likeness (QED) is 0.535. The molecule has 0 bridgehead atoms. The molecule has 0 spiro atoms. The Hall–Kier alpha value is -1.17. The third kappa shape index (κ3) is 3.77. The van der Waals surface area contributed by atoms with Crippen LogP contribution in [0.15, 0.2) is 18.5 Å². The summed E-state index contributed by atoms with van der Waals surface area (Å²) in [7, 11) is 1.63. The van der Waals surface area contributed by atoms with E-state index in [-0.39, 0.29) is 6.04 Å². The van der Waals surface area contributed by atoms with E-state index in [1.165, 1.54) is 0 Å². The number of hydrazine groups is 1. The van der Waals surface area contributed by atoms with Gasteiger partial charge in [0, 0.05) is 13.3 Å². The van der Waals surface area contributed by atoms with Gasteiger partial charge >= 0.3 is 0 Å². The van der Waals surface area contributed by atoms with Crippen molar-refractivity contribution in [3.63, 3.8) is 0 Å². The van der Waals surface area contributed by atoms with Gasteiger partial charge in [-0.1, -0.05) is 6.92 Å². The Labute approximate surface area is 95.9 Å². The standard InChI is InChI=1S/C11H19N3O2/c1-3-4-16-10-5-9(6-13-7-10)11(14-12)8-15-2/h5-7,11,14H,3-4,8,12H2,1-2H3. The van der Waals surface area contributed by atoms with Crippen molar-refractivity contribution in [3.8, 4) is 5.75 Å². The van der Waals surface area contributed by atoms with Crippen LogP contribution in [0.3, 0.4) is 0 Å². The minimum absolute atomic E-state index is 0.0670. The molecule has 0 saturated heterocycles. The second-order valence-corrected chi connectivity index (χ2v) is 3.48. The molecule has 1 aromatic heterocycles. The van der Waals surface area contributed by atoms with Crippen LogP contribution in [0, 0.1) is 0 Å². The number of nitrogens with two attached hydrogens (primary N) is 1. The number of nitrogens with one attached hydrogen (secondary N) is 1. The van der Waals surface area contributed by atoms with E-state index < -0.39 is 0 Å². The predicted octanol–water partition coefficient (Wildman–Crippen LogP) is 1.02. The van der Waals surface area contributed by atoms with Crippen LogP contribution in [0.25, 0.3) is 0 Å². The highest BCUT2D eigenvalue weighted by Gasteiger charge is 2.10. The molecule has 0 aliphatic rings. The molecule has 0 saturated carbocycles. The van der Waals surface area contributed by atoms with Crippen LogP contribution in [0.2, 0.25) is 0 Å². The minimum atomic E-state index is -0.0670. The van der Waals surface area contributed by atoms with Crippen LogP contribution in [0.4, 0.5) is 0 Å². The summed E-state index contributed by atoms with van der Waals surface area (Å²) in [6.07, 6.45) is 4.42. The van der Waals surface area contributed by atoms with Crippen molar-refractivity contribution in [3.05, 3.63) is 24.0 Å². The van der Waals surface area contributed by atoms with Gasteiger partial charge in [-0.25, -0.2) is 0 Å². The van der Waals surface area contributed by atoms with Gasteiger partial charge in [0.05, 0.1) is 25.5 Å². The number of nitrogens with zero attached hydrogens (tertiary/aromatic N) is 1. The molecule has 0 aliphatic carbocycles. The fraction of sp³-hybridized carbons (Fsp3) is 0.545. The van der Waals surface area contributed by atoms with E-state index in [1.54, 1.807) is 19.5 Å². The lowest BCUT2D eigenvalue weighted by atomic mass is 10.1. The van der Waals surface area contributed by atoms with Gasteiger partial charge in [0.15, 0.2) is 0 Å². The van der Waals surface area contributed by atoms with Crippen molar-refractivity contribution in [2.75, 3.05) is 20.3 Å². The first-order valence-corrected chi connectivity index (χ1v) is 5.34. The SMILES string of the molecule is CCCOc1cncc(C(COC)NN)c1. The maximum atomic E-state index is 5.50. The highest BCUT2D eigenvalue weighted by molar-refractivity contribution is 5.26. The lowest BCUT2D eigenvalue weighted by Gasteiger charge is -2.15. The largest absolute Gasteiger partial charge is 0.492 e. The summed E-state index contributed by atoms with van der Waals surface area (Å²) in [5.41, 5.74) is 3.64. The van der Waals surface area contributed by atoms with E-state index in [1.807, 2.05) is 6.07 Å². The second kappa shape index (κ2) is 7.16. The van der Waals surface area contributed by atoms with E-state index in [0.29, 0.717) is 13.2 Å². The van der Waals surface area contributed by atoms with Crippen molar-refractivity contribution >= 4 is 0 Å². The first-order chi connectivity index (χ1) is 7.81. The number of aromatic nitrogens is 1. The molecule has 0 amide bonds. The van der Waals surface area contributed by atoms with Crippen LogP contribution in [0.5, 0.6) is 5.75 Å². The van der Waals surface area contributed by atoms with Crippen molar-refractivity contribution in [1.82, 2.24) is 10.4 Å². The zero-order valence-electron chi connectivity index (χ0n) is 9.77. The molecule has 1 atom stereocenters. The smallest absolute Gasteiger partial charge is 0.137 e. The average Bonchev–Trinajstić information content (AvgIpc) is 2.33. The van der Waals surface area contributed by atoms with Gasteiger partial charge in [0.25, 0.3) is 0 Å². The number of hydrogen-bond donors (Lipinski definition) is 2. The molecule has 0 aliphatic heterocycles. The Kier molecular flexibility index (Phi) is 5.77. The molecule has 5 heteroatoms. The Morgan fingerprint density at radius 2 is 2.31 bits per heavy atom. The normalized spacial score (nSPS) is 12.4. The number of methoxy groups -OCH3 is 1. The Balaban J connectivity index is 2.71. The van der Waals surface area contributed by atoms with Crippen molar-refractivity contribution in [1.29, 1.82) is 0 Å². The van der Waals surface area contributed by atoms with E-state index in [9.17, 15) is 0 Å². The maximum Gasteiger partial charge on any atom is 0.137 e. The molecule has 0 aromatic carbocycles. The fourth-order valence-corrected chi connectivity index (χ4v) is 1.33. The molecule has 1 aromatic rings. The van der Waals surface area contributed by atoms with E-state index in [4.69, 9.17) is 15.3 Å². The van der Waals surface area contributed by atoms with E-state index in [0.717, 1.165) is 17.7 Å². The Morgan fingerprint density at radius 3 is 2.94 bits per heavy atom. The molecule has 16 heavy (non-hydrogen) atoms. The molecule has 1 heterocycles. The minimum Gasteiger partial charge on any atom is -0.492 e. The summed E-state index contributed by atoms with van der Waals surface area (Å²) in [5.74, 6) is 6.20. The molecule has 0 fully saturated rings. The maximum absolute atomic E-state index is 5.50. The van der Waals surface area contributed by atoms with Gasteiger partial charge in [-0.15, -0.1) is 0 Å². The summed E-state index contributed by atoms with van der Waals surface area (Å²) in [6.45, 7) is 3.25. The van der Waals surface area contributed by atoms with Crippen LogP contribution in [-0.4, -0.2) is 25.3 Å². The van der Waals surface area contributed by atoms with Gasteiger partial charge in [-0.3, -0.25) is 16.3 Å². The van der Waals surface area contributed by atoms with Crippen LogP contribution in [-0.2, 0) is 4.74 Å². The Bertz CT molecular complexity index is 307. The zero-order chi connectivity index (χ0) is 11.8. The summed E-state index contributed by atoms with van der Waals surface area (Å²) >= 11 is 0. The van der Waals surface area contributed by atoms with Crippen molar-refractivity contribution < 1.29 is 9.47 Å². The van der Waals surface area contributed by atoms with Gasteiger partial charge < -0.3 is 9.47 Å². The van der Waals surface area contributed by atoms with Gasteiger partial charge in [-0.2, -0.15) is 0 Å². The third-order valence-electron chi connectivity index (χ3n) is 2.14.